The maximum absolute atomic E-state index is 6.22. The summed E-state index contributed by atoms with van der Waals surface area (Å²) in [5, 5.41) is 4.40. The van der Waals surface area contributed by atoms with E-state index < -0.39 is 0 Å². The van der Waals surface area contributed by atoms with Gasteiger partial charge in [-0.1, -0.05) is 115 Å². The number of benzene rings is 8. The fraction of sp³-hybridized carbons (Fsp3) is 0. The lowest BCUT2D eigenvalue weighted by molar-refractivity contribution is 0.620. The van der Waals surface area contributed by atoms with Gasteiger partial charge < -0.3 is 13.6 Å². The molecule has 0 unspecified atom stereocenters. The van der Waals surface area contributed by atoms with Gasteiger partial charge in [0, 0.05) is 55.2 Å². The van der Waals surface area contributed by atoms with Gasteiger partial charge in [0.15, 0.2) is 23.1 Å². The van der Waals surface area contributed by atoms with Gasteiger partial charge in [-0.25, -0.2) is 19.9 Å². The summed E-state index contributed by atoms with van der Waals surface area (Å²) in [5.74, 6) is 2.28. The molecule has 4 aromatic heterocycles. The maximum Gasteiger partial charge on any atom is 0.227 e. The first kappa shape index (κ1) is 33.0. The molecular weight excluding hydrogens is 725 g/mol. The summed E-state index contributed by atoms with van der Waals surface area (Å²) in [6.07, 6.45) is 0. The molecular formula is C52H32N6O. The van der Waals surface area contributed by atoms with Crippen LogP contribution in [-0.2, 0) is 0 Å². The SMILES string of the molecule is c1ccc(-c2nc3cc(-c4nc(-c5cccc6c5c5ccccc5n6-c5ccccc5)nc(-c5cccc6c5c5ccccc5n6-c5ccccc5)n4)ccc3o2)cc1. The normalized spacial score (nSPS) is 11.7. The monoisotopic (exact) mass is 756 g/mol. The van der Waals surface area contributed by atoms with Crippen LogP contribution in [0.2, 0.25) is 0 Å². The molecule has 0 bridgehead atoms. The highest BCUT2D eigenvalue weighted by Gasteiger charge is 2.22. The number of aromatic nitrogens is 6. The fourth-order valence-electron chi connectivity index (χ4n) is 8.64. The molecule has 8 aromatic carbocycles. The van der Waals surface area contributed by atoms with Crippen molar-refractivity contribution in [3.63, 3.8) is 0 Å². The lowest BCUT2D eigenvalue weighted by Gasteiger charge is -2.11. The zero-order valence-corrected chi connectivity index (χ0v) is 31.6. The quantitative estimate of drug-likeness (QED) is 0.169. The molecule has 0 aliphatic heterocycles. The van der Waals surface area contributed by atoms with Gasteiger partial charge in [0.05, 0.1) is 22.1 Å². The second-order valence-corrected chi connectivity index (χ2v) is 14.6. The van der Waals surface area contributed by atoms with Crippen molar-refractivity contribution >= 4 is 54.7 Å². The Bertz CT molecular complexity index is 3380. The zero-order valence-electron chi connectivity index (χ0n) is 31.6. The molecule has 0 saturated heterocycles. The summed E-state index contributed by atoms with van der Waals surface area (Å²) in [5.41, 5.74) is 11.5. The summed E-state index contributed by atoms with van der Waals surface area (Å²) in [7, 11) is 0. The molecule has 4 heterocycles. The second kappa shape index (κ2) is 13.2. The van der Waals surface area contributed by atoms with E-state index in [-0.39, 0.29) is 0 Å². The highest BCUT2D eigenvalue weighted by atomic mass is 16.3. The van der Waals surface area contributed by atoms with E-state index in [4.69, 9.17) is 24.4 Å². The van der Waals surface area contributed by atoms with Crippen LogP contribution in [-0.4, -0.2) is 29.1 Å². The minimum atomic E-state index is 0.545. The molecule has 276 valence electrons. The van der Waals surface area contributed by atoms with Crippen LogP contribution >= 0.6 is 0 Å². The standard InChI is InChI=1S/C52H32N6O/c1-4-16-33(17-5-1)52-53-41-32-34(30-31-46(41)59-52)49-54-50(39-24-14-28-44-47(39)37-22-10-12-26-42(37)57(44)35-18-6-2-7-19-35)56-51(55-49)40-25-15-29-45-48(40)38-23-11-13-27-43(38)58(45)36-20-8-3-9-21-36/h1-32H. The first-order valence-corrected chi connectivity index (χ1v) is 19.7. The summed E-state index contributed by atoms with van der Waals surface area (Å²) in [4.78, 5) is 20.9. The van der Waals surface area contributed by atoms with E-state index in [1.54, 1.807) is 0 Å². The van der Waals surface area contributed by atoms with Crippen LogP contribution in [0.4, 0.5) is 0 Å². The fourth-order valence-corrected chi connectivity index (χ4v) is 8.64. The van der Waals surface area contributed by atoms with Crippen molar-refractivity contribution < 1.29 is 4.42 Å². The Morgan fingerprint density at radius 2 is 0.831 bits per heavy atom. The molecule has 12 aromatic rings. The Morgan fingerprint density at radius 1 is 0.356 bits per heavy atom. The van der Waals surface area contributed by atoms with E-state index >= 15 is 0 Å². The second-order valence-electron chi connectivity index (χ2n) is 14.6. The van der Waals surface area contributed by atoms with Gasteiger partial charge in [0.2, 0.25) is 5.89 Å². The van der Waals surface area contributed by atoms with E-state index in [2.05, 4.69) is 143 Å². The summed E-state index contributed by atoms with van der Waals surface area (Å²) < 4.78 is 10.9. The topological polar surface area (TPSA) is 74.6 Å². The Kier molecular flexibility index (Phi) is 7.40. The van der Waals surface area contributed by atoms with Gasteiger partial charge in [-0.2, -0.15) is 0 Å². The molecule has 59 heavy (non-hydrogen) atoms. The van der Waals surface area contributed by atoms with Crippen LogP contribution in [0.15, 0.2) is 199 Å². The van der Waals surface area contributed by atoms with Crippen molar-refractivity contribution in [2.75, 3.05) is 0 Å². The van der Waals surface area contributed by atoms with Crippen molar-refractivity contribution in [2.45, 2.75) is 0 Å². The number of hydrogen-bond donors (Lipinski definition) is 0. The Hall–Kier alpha value is -8.16. The lowest BCUT2D eigenvalue weighted by atomic mass is 10.0. The van der Waals surface area contributed by atoms with E-state index in [0.717, 1.165) is 82.8 Å². The molecule has 7 nitrogen and oxygen atoms in total. The molecule has 0 amide bonds. The zero-order chi connectivity index (χ0) is 38.9. The lowest BCUT2D eigenvalue weighted by Crippen LogP contribution is -2.01. The third kappa shape index (κ3) is 5.29. The van der Waals surface area contributed by atoms with Crippen LogP contribution < -0.4 is 0 Å². The van der Waals surface area contributed by atoms with Gasteiger partial charge in [0.25, 0.3) is 0 Å². The van der Waals surface area contributed by atoms with E-state index in [1.165, 1.54) is 0 Å². The Balaban J connectivity index is 1.14. The predicted molar refractivity (Wildman–Crippen MR) is 238 cm³/mol. The van der Waals surface area contributed by atoms with Crippen molar-refractivity contribution in [3.8, 4) is 57.0 Å². The average molecular weight is 757 g/mol. The molecule has 0 saturated carbocycles. The number of fused-ring (bicyclic) bond motifs is 7. The molecule has 0 radical (unpaired) electrons. The van der Waals surface area contributed by atoms with Crippen LogP contribution in [0.5, 0.6) is 0 Å². The van der Waals surface area contributed by atoms with Crippen LogP contribution in [0.3, 0.4) is 0 Å². The average Bonchev–Trinajstić information content (AvgIpc) is 4.00. The van der Waals surface area contributed by atoms with Crippen molar-refractivity contribution in [1.82, 2.24) is 29.1 Å². The summed E-state index contributed by atoms with van der Waals surface area (Å²) in [6, 6.07) is 66.8. The number of nitrogens with zero attached hydrogens (tertiary/aromatic N) is 6. The van der Waals surface area contributed by atoms with Gasteiger partial charge in [-0.3, -0.25) is 0 Å². The maximum atomic E-state index is 6.22. The third-order valence-corrected chi connectivity index (χ3v) is 11.2. The minimum Gasteiger partial charge on any atom is -0.436 e. The first-order valence-electron chi connectivity index (χ1n) is 19.7. The molecule has 12 rings (SSSR count). The molecule has 0 N–H and O–H groups in total. The van der Waals surface area contributed by atoms with Gasteiger partial charge >= 0.3 is 0 Å². The highest BCUT2D eigenvalue weighted by Crippen LogP contribution is 2.41. The number of para-hydroxylation sites is 4. The van der Waals surface area contributed by atoms with Gasteiger partial charge in [-0.05, 0) is 78.9 Å². The van der Waals surface area contributed by atoms with Crippen LogP contribution in [0, 0.1) is 0 Å². The molecule has 0 spiro atoms. The van der Waals surface area contributed by atoms with E-state index in [0.29, 0.717) is 28.9 Å². The van der Waals surface area contributed by atoms with Gasteiger partial charge in [0.1, 0.15) is 5.52 Å². The first-order chi connectivity index (χ1) is 29.3. The molecule has 0 atom stereocenters. The summed E-state index contributed by atoms with van der Waals surface area (Å²) in [6.45, 7) is 0. The van der Waals surface area contributed by atoms with Gasteiger partial charge in [-0.15, -0.1) is 0 Å². The predicted octanol–water partition coefficient (Wildman–Crippen LogP) is 12.9. The van der Waals surface area contributed by atoms with Crippen molar-refractivity contribution in [3.05, 3.63) is 194 Å². The third-order valence-electron chi connectivity index (χ3n) is 11.2. The van der Waals surface area contributed by atoms with Crippen molar-refractivity contribution in [1.29, 1.82) is 0 Å². The molecule has 0 aliphatic rings. The summed E-state index contributed by atoms with van der Waals surface area (Å²) >= 11 is 0. The van der Waals surface area contributed by atoms with E-state index in [9.17, 15) is 0 Å². The molecule has 0 aliphatic carbocycles. The van der Waals surface area contributed by atoms with E-state index in [1.807, 2.05) is 60.7 Å². The number of rotatable bonds is 6. The Morgan fingerprint density at radius 3 is 1.39 bits per heavy atom. The minimum absolute atomic E-state index is 0.545. The highest BCUT2D eigenvalue weighted by molar-refractivity contribution is 6.17. The largest absolute Gasteiger partial charge is 0.436 e. The molecule has 0 fully saturated rings. The molecule has 7 heteroatoms. The van der Waals surface area contributed by atoms with Crippen molar-refractivity contribution in [2.24, 2.45) is 0 Å². The van der Waals surface area contributed by atoms with Crippen LogP contribution in [0.25, 0.3) is 112 Å². The Labute approximate surface area is 338 Å². The number of hydrogen-bond acceptors (Lipinski definition) is 5. The smallest absolute Gasteiger partial charge is 0.227 e. The van der Waals surface area contributed by atoms with Crippen LogP contribution in [0.1, 0.15) is 0 Å². The number of oxazole rings is 1.